The average Bonchev–Trinajstić information content (AvgIpc) is 2.47. The summed E-state index contributed by atoms with van der Waals surface area (Å²) < 4.78 is 0. The second-order valence-corrected chi connectivity index (χ2v) is 5.10. The number of amides is 1. The van der Waals surface area contributed by atoms with Crippen LogP contribution in [0.1, 0.15) is 31.2 Å². The predicted octanol–water partition coefficient (Wildman–Crippen LogP) is 0.335. The van der Waals surface area contributed by atoms with Gasteiger partial charge in [0, 0.05) is 31.0 Å². The first-order valence-electron chi connectivity index (χ1n) is 6.95. The van der Waals surface area contributed by atoms with Gasteiger partial charge in [0.05, 0.1) is 0 Å². The van der Waals surface area contributed by atoms with E-state index < -0.39 is 0 Å². The molecule has 0 atom stereocenters. The van der Waals surface area contributed by atoms with E-state index in [1.807, 2.05) is 13.8 Å². The van der Waals surface area contributed by atoms with Crippen LogP contribution in [0.4, 0.5) is 11.6 Å². The molecule has 5 N–H and O–H groups in total. The molecule has 110 valence electrons. The van der Waals surface area contributed by atoms with E-state index in [9.17, 15) is 4.79 Å². The predicted molar refractivity (Wildman–Crippen MR) is 78.1 cm³/mol. The third-order valence-electron chi connectivity index (χ3n) is 3.82. The van der Waals surface area contributed by atoms with Gasteiger partial charge < -0.3 is 16.1 Å². The second kappa shape index (κ2) is 6.04. The van der Waals surface area contributed by atoms with Crippen LogP contribution in [0.2, 0.25) is 0 Å². The molecule has 0 spiro atoms. The fourth-order valence-electron chi connectivity index (χ4n) is 2.53. The Morgan fingerprint density at radius 1 is 1.40 bits per heavy atom. The Hall–Kier alpha value is -1.89. The Balaban J connectivity index is 2.23. The Labute approximate surface area is 118 Å². The molecule has 0 unspecified atom stereocenters. The summed E-state index contributed by atoms with van der Waals surface area (Å²) >= 11 is 0. The lowest BCUT2D eigenvalue weighted by atomic mass is 9.96. The highest BCUT2D eigenvalue weighted by atomic mass is 16.1. The van der Waals surface area contributed by atoms with E-state index in [1.54, 1.807) is 0 Å². The minimum absolute atomic E-state index is 0.0221. The summed E-state index contributed by atoms with van der Waals surface area (Å²) in [5.74, 6) is 7.60. The minimum Gasteiger partial charge on any atom is -0.369 e. The minimum atomic E-state index is -0.206. The van der Waals surface area contributed by atoms with Crippen LogP contribution < -0.4 is 21.9 Å². The summed E-state index contributed by atoms with van der Waals surface area (Å²) in [6.45, 7) is 5.51. The van der Waals surface area contributed by atoms with E-state index in [-0.39, 0.29) is 11.8 Å². The molecule has 0 bridgehead atoms. The third-order valence-corrected chi connectivity index (χ3v) is 3.82. The van der Waals surface area contributed by atoms with E-state index >= 15 is 0 Å². The highest BCUT2D eigenvalue weighted by Gasteiger charge is 2.25. The van der Waals surface area contributed by atoms with Crippen LogP contribution in [0.25, 0.3) is 0 Å². The van der Waals surface area contributed by atoms with Gasteiger partial charge in [-0.15, -0.1) is 0 Å². The third kappa shape index (κ3) is 2.82. The van der Waals surface area contributed by atoms with Crippen molar-refractivity contribution in [3.8, 4) is 0 Å². The molecular weight excluding hydrogens is 256 g/mol. The van der Waals surface area contributed by atoms with Gasteiger partial charge in [-0.05, 0) is 19.8 Å². The summed E-state index contributed by atoms with van der Waals surface area (Å²) in [5.41, 5.74) is 8.92. The summed E-state index contributed by atoms with van der Waals surface area (Å²) in [6.07, 6.45) is 2.29. The molecule has 0 aliphatic carbocycles. The van der Waals surface area contributed by atoms with Crippen molar-refractivity contribution in [3.05, 3.63) is 11.4 Å². The lowest BCUT2D eigenvalue weighted by Crippen LogP contribution is -2.39. The number of nitrogens with one attached hydrogen (secondary N) is 1. The molecule has 1 aromatic rings. The number of hydrazine groups is 1. The first kappa shape index (κ1) is 14.5. The molecule has 7 nitrogen and oxygen atoms in total. The number of aromatic nitrogens is 2. The normalized spacial score (nSPS) is 16.2. The van der Waals surface area contributed by atoms with Gasteiger partial charge in [0.25, 0.3) is 0 Å². The van der Waals surface area contributed by atoms with Crippen LogP contribution in [0, 0.1) is 12.8 Å². The summed E-state index contributed by atoms with van der Waals surface area (Å²) in [7, 11) is 0. The molecular formula is C13H22N6O. The summed E-state index contributed by atoms with van der Waals surface area (Å²) in [5, 5.41) is 0. The van der Waals surface area contributed by atoms with E-state index in [2.05, 4.69) is 20.3 Å². The molecule has 1 aromatic heterocycles. The molecule has 0 aromatic carbocycles. The number of hydrogen-bond acceptors (Lipinski definition) is 6. The number of anilines is 2. The van der Waals surface area contributed by atoms with Crippen molar-refractivity contribution < 1.29 is 4.79 Å². The quantitative estimate of drug-likeness (QED) is 0.541. The van der Waals surface area contributed by atoms with Gasteiger partial charge in [-0.1, -0.05) is 6.92 Å². The number of hydrogen-bond donors (Lipinski definition) is 3. The fourth-order valence-corrected chi connectivity index (χ4v) is 2.53. The Kier molecular flexibility index (Phi) is 4.39. The number of primary amides is 1. The Morgan fingerprint density at radius 3 is 2.55 bits per heavy atom. The van der Waals surface area contributed by atoms with Gasteiger partial charge in [0.2, 0.25) is 5.91 Å². The van der Waals surface area contributed by atoms with Crippen LogP contribution in [0.5, 0.6) is 0 Å². The fraction of sp³-hybridized carbons (Fsp3) is 0.615. The first-order chi connectivity index (χ1) is 9.56. The molecule has 1 saturated heterocycles. The van der Waals surface area contributed by atoms with Gasteiger partial charge in [0.1, 0.15) is 17.5 Å². The molecule has 7 heteroatoms. The summed E-state index contributed by atoms with van der Waals surface area (Å²) in [6, 6.07) is 0. The number of piperidine rings is 1. The second-order valence-electron chi connectivity index (χ2n) is 5.10. The Bertz CT molecular complexity index is 496. The number of nitrogens with zero attached hydrogens (tertiary/aromatic N) is 3. The zero-order valence-corrected chi connectivity index (χ0v) is 12.0. The zero-order chi connectivity index (χ0) is 14.7. The van der Waals surface area contributed by atoms with E-state index in [4.69, 9.17) is 11.6 Å². The van der Waals surface area contributed by atoms with Crippen LogP contribution in [-0.2, 0) is 11.2 Å². The number of aryl methyl sites for hydroxylation is 1. The van der Waals surface area contributed by atoms with Crippen LogP contribution in [0.3, 0.4) is 0 Å². The highest BCUT2D eigenvalue weighted by molar-refractivity contribution is 5.77. The average molecular weight is 278 g/mol. The Morgan fingerprint density at radius 2 is 2.05 bits per heavy atom. The standard InChI is InChI=1S/C13H22N6O/c1-3-10-16-12(18-15)8(2)13(17-10)19-6-4-9(5-7-19)11(14)20/h9H,3-7,15H2,1-2H3,(H2,14,20)(H,16,17,18). The van der Waals surface area contributed by atoms with Gasteiger partial charge >= 0.3 is 0 Å². The van der Waals surface area contributed by atoms with Gasteiger partial charge in [-0.2, -0.15) is 0 Å². The van der Waals surface area contributed by atoms with Crippen molar-refractivity contribution in [2.24, 2.45) is 17.5 Å². The van der Waals surface area contributed by atoms with Gasteiger partial charge in [-0.25, -0.2) is 15.8 Å². The summed E-state index contributed by atoms with van der Waals surface area (Å²) in [4.78, 5) is 22.3. The molecule has 20 heavy (non-hydrogen) atoms. The number of nitrogen functional groups attached to an aromatic ring is 1. The smallest absolute Gasteiger partial charge is 0.220 e. The highest BCUT2D eigenvalue weighted by Crippen LogP contribution is 2.27. The maximum atomic E-state index is 11.2. The molecule has 1 amide bonds. The number of carbonyl (C=O) groups excluding carboxylic acids is 1. The van der Waals surface area contributed by atoms with Crippen molar-refractivity contribution in [2.45, 2.75) is 33.1 Å². The molecule has 2 heterocycles. The van der Waals surface area contributed by atoms with E-state index in [0.717, 1.165) is 49.6 Å². The number of nitrogens with two attached hydrogens (primary N) is 2. The van der Waals surface area contributed by atoms with E-state index in [0.29, 0.717) is 5.82 Å². The van der Waals surface area contributed by atoms with Crippen molar-refractivity contribution in [2.75, 3.05) is 23.4 Å². The van der Waals surface area contributed by atoms with E-state index in [1.165, 1.54) is 0 Å². The van der Waals surface area contributed by atoms with Crippen molar-refractivity contribution in [1.29, 1.82) is 0 Å². The van der Waals surface area contributed by atoms with Crippen molar-refractivity contribution >= 4 is 17.5 Å². The lowest BCUT2D eigenvalue weighted by molar-refractivity contribution is -0.122. The first-order valence-corrected chi connectivity index (χ1v) is 6.95. The van der Waals surface area contributed by atoms with Crippen molar-refractivity contribution in [1.82, 2.24) is 9.97 Å². The SMILES string of the molecule is CCc1nc(NN)c(C)c(N2CCC(C(N)=O)CC2)n1. The van der Waals surface area contributed by atoms with Gasteiger partial charge in [-0.3, -0.25) is 4.79 Å². The lowest BCUT2D eigenvalue weighted by Gasteiger charge is -2.32. The number of rotatable bonds is 4. The van der Waals surface area contributed by atoms with Crippen molar-refractivity contribution in [3.63, 3.8) is 0 Å². The monoisotopic (exact) mass is 278 g/mol. The molecule has 0 radical (unpaired) electrons. The van der Waals surface area contributed by atoms with Crippen LogP contribution in [-0.4, -0.2) is 29.0 Å². The molecule has 1 aliphatic rings. The van der Waals surface area contributed by atoms with Crippen LogP contribution >= 0.6 is 0 Å². The molecule has 2 rings (SSSR count). The molecule has 0 saturated carbocycles. The molecule has 1 fully saturated rings. The topological polar surface area (TPSA) is 110 Å². The maximum absolute atomic E-state index is 11.2. The largest absolute Gasteiger partial charge is 0.369 e. The molecule has 1 aliphatic heterocycles. The zero-order valence-electron chi connectivity index (χ0n) is 12.0. The van der Waals surface area contributed by atoms with Crippen LogP contribution in [0.15, 0.2) is 0 Å². The van der Waals surface area contributed by atoms with Gasteiger partial charge in [0.15, 0.2) is 0 Å². The maximum Gasteiger partial charge on any atom is 0.220 e. The number of carbonyl (C=O) groups is 1.